The lowest BCUT2D eigenvalue weighted by atomic mass is 9.99. The van der Waals surface area contributed by atoms with Crippen molar-refractivity contribution in [2.24, 2.45) is 17.8 Å². The molecular formula is C68H132O17P2. The van der Waals surface area contributed by atoms with Gasteiger partial charge in [-0.1, -0.05) is 286 Å². The monoisotopic (exact) mass is 1280 g/mol. The molecule has 516 valence electrons. The zero-order chi connectivity index (χ0) is 64.5. The summed E-state index contributed by atoms with van der Waals surface area (Å²) in [5.74, 6) is 0.175. The van der Waals surface area contributed by atoms with Crippen LogP contribution in [0.1, 0.15) is 337 Å². The lowest BCUT2D eigenvalue weighted by Gasteiger charge is -2.21. The number of esters is 4. The molecule has 19 heteroatoms. The van der Waals surface area contributed by atoms with Crippen molar-refractivity contribution in [3.8, 4) is 0 Å². The minimum absolute atomic E-state index is 0.104. The quantitative estimate of drug-likeness (QED) is 0.0222. The molecule has 0 aliphatic rings. The number of phosphoric acid groups is 2. The Morgan fingerprint density at radius 3 is 0.874 bits per heavy atom. The molecule has 0 aliphatic carbocycles. The van der Waals surface area contributed by atoms with Crippen LogP contribution in [-0.4, -0.2) is 96.7 Å². The van der Waals surface area contributed by atoms with Crippen molar-refractivity contribution in [2.45, 2.75) is 356 Å². The molecule has 0 rings (SSSR count). The fraction of sp³-hybridized carbons (Fsp3) is 0.941. The Hall–Kier alpha value is -1.94. The van der Waals surface area contributed by atoms with Gasteiger partial charge in [-0.2, -0.15) is 0 Å². The first-order valence-electron chi connectivity index (χ1n) is 35.4. The van der Waals surface area contributed by atoms with Gasteiger partial charge in [0.25, 0.3) is 0 Å². The van der Waals surface area contributed by atoms with E-state index in [9.17, 15) is 43.2 Å². The van der Waals surface area contributed by atoms with E-state index in [2.05, 4.69) is 48.5 Å². The summed E-state index contributed by atoms with van der Waals surface area (Å²) in [4.78, 5) is 72.2. The smallest absolute Gasteiger partial charge is 0.462 e. The maximum Gasteiger partial charge on any atom is 0.472 e. The van der Waals surface area contributed by atoms with Crippen LogP contribution in [0.25, 0.3) is 0 Å². The van der Waals surface area contributed by atoms with Gasteiger partial charge in [-0.25, -0.2) is 9.13 Å². The van der Waals surface area contributed by atoms with Crippen LogP contribution in [-0.2, 0) is 65.4 Å². The molecule has 0 spiro atoms. The highest BCUT2D eigenvalue weighted by molar-refractivity contribution is 7.47. The molecule has 6 atom stereocenters. The third kappa shape index (κ3) is 61.3. The zero-order valence-corrected chi connectivity index (χ0v) is 58.3. The highest BCUT2D eigenvalue weighted by Crippen LogP contribution is 2.45. The SMILES string of the molecule is CCCCCCCC(=O)OC[C@H](COP(=O)(O)OC[C@H](O)COP(=O)(O)OC[C@@H](COC(=O)CCCCCCCCCCCC(C)C)OC(=O)CCCCCCCCCCCCCCCCCC(C)C)OC(=O)CCCCCCCCCCC(C)CC. The van der Waals surface area contributed by atoms with Gasteiger partial charge in [0.1, 0.15) is 19.3 Å². The van der Waals surface area contributed by atoms with Crippen LogP contribution in [0.15, 0.2) is 0 Å². The van der Waals surface area contributed by atoms with Gasteiger partial charge >= 0.3 is 39.5 Å². The minimum Gasteiger partial charge on any atom is -0.462 e. The Labute approximate surface area is 530 Å². The van der Waals surface area contributed by atoms with Crippen LogP contribution in [0, 0.1) is 17.8 Å². The summed E-state index contributed by atoms with van der Waals surface area (Å²) < 4.78 is 68.0. The van der Waals surface area contributed by atoms with Crippen molar-refractivity contribution in [1.29, 1.82) is 0 Å². The number of rotatable bonds is 66. The predicted molar refractivity (Wildman–Crippen MR) is 349 cm³/mol. The van der Waals surface area contributed by atoms with Gasteiger partial charge in [-0.05, 0) is 43.4 Å². The number of carbonyl (C=O) groups is 4. The van der Waals surface area contributed by atoms with Gasteiger partial charge in [0.15, 0.2) is 12.2 Å². The van der Waals surface area contributed by atoms with Crippen LogP contribution >= 0.6 is 15.6 Å². The molecule has 0 saturated heterocycles. The van der Waals surface area contributed by atoms with Crippen LogP contribution in [0.5, 0.6) is 0 Å². The normalized spacial score (nSPS) is 14.6. The molecule has 17 nitrogen and oxygen atoms in total. The van der Waals surface area contributed by atoms with Crippen molar-refractivity contribution in [2.75, 3.05) is 39.6 Å². The van der Waals surface area contributed by atoms with Crippen LogP contribution < -0.4 is 0 Å². The van der Waals surface area contributed by atoms with Crippen molar-refractivity contribution >= 4 is 39.5 Å². The zero-order valence-electron chi connectivity index (χ0n) is 56.5. The molecule has 87 heavy (non-hydrogen) atoms. The van der Waals surface area contributed by atoms with Gasteiger partial charge in [0.05, 0.1) is 26.4 Å². The van der Waals surface area contributed by atoms with E-state index in [0.29, 0.717) is 25.7 Å². The Kier molecular flexibility index (Phi) is 57.8. The molecule has 0 heterocycles. The first-order chi connectivity index (χ1) is 41.8. The highest BCUT2D eigenvalue weighted by atomic mass is 31.2. The maximum atomic E-state index is 13.0. The third-order valence-electron chi connectivity index (χ3n) is 16.0. The summed E-state index contributed by atoms with van der Waals surface area (Å²) in [6, 6.07) is 0. The molecule has 0 bridgehead atoms. The molecular weight excluding hydrogens is 1150 g/mol. The van der Waals surface area contributed by atoms with Gasteiger partial charge < -0.3 is 33.8 Å². The van der Waals surface area contributed by atoms with E-state index in [-0.39, 0.29) is 25.7 Å². The van der Waals surface area contributed by atoms with Crippen LogP contribution in [0.4, 0.5) is 0 Å². The summed E-state index contributed by atoms with van der Waals surface area (Å²) in [6.45, 7) is 11.7. The molecule has 0 aromatic heterocycles. The molecule has 3 unspecified atom stereocenters. The second-order valence-electron chi connectivity index (χ2n) is 25.8. The number of aliphatic hydroxyl groups excluding tert-OH is 1. The second-order valence-corrected chi connectivity index (χ2v) is 28.7. The Bertz CT molecular complexity index is 1720. The number of hydrogen-bond acceptors (Lipinski definition) is 15. The first kappa shape index (κ1) is 85.1. The summed E-state index contributed by atoms with van der Waals surface area (Å²) in [7, 11) is -9.89. The molecule has 0 saturated carbocycles. The van der Waals surface area contributed by atoms with Gasteiger partial charge in [-0.15, -0.1) is 0 Å². The molecule has 0 amide bonds. The van der Waals surface area contributed by atoms with Crippen molar-refractivity contribution in [1.82, 2.24) is 0 Å². The summed E-state index contributed by atoms with van der Waals surface area (Å²) in [5, 5.41) is 10.5. The number of unbranched alkanes of at least 4 members (excludes halogenated alkanes) is 33. The number of phosphoric ester groups is 2. The summed E-state index contributed by atoms with van der Waals surface area (Å²) in [6.07, 6.45) is 42.0. The lowest BCUT2D eigenvalue weighted by molar-refractivity contribution is -0.161. The maximum absolute atomic E-state index is 13.0. The molecule has 0 fully saturated rings. The van der Waals surface area contributed by atoms with E-state index in [1.54, 1.807) is 0 Å². The molecule has 0 aliphatic heterocycles. The Morgan fingerprint density at radius 2 is 0.586 bits per heavy atom. The summed E-state index contributed by atoms with van der Waals surface area (Å²) >= 11 is 0. The van der Waals surface area contributed by atoms with E-state index in [1.165, 1.54) is 141 Å². The third-order valence-corrected chi connectivity index (χ3v) is 17.9. The topological polar surface area (TPSA) is 237 Å². The van der Waals surface area contributed by atoms with Crippen molar-refractivity contribution in [3.63, 3.8) is 0 Å². The fourth-order valence-corrected chi connectivity index (χ4v) is 11.7. The lowest BCUT2D eigenvalue weighted by Crippen LogP contribution is -2.30. The predicted octanol–water partition coefficient (Wildman–Crippen LogP) is 19.1. The van der Waals surface area contributed by atoms with Crippen LogP contribution in [0.3, 0.4) is 0 Å². The Balaban J connectivity index is 5.16. The molecule has 3 N–H and O–H groups in total. The molecule has 0 aromatic carbocycles. The van der Waals surface area contributed by atoms with E-state index in [0.717, 1.165) is 114 Å². The number of aliphatic hydroxyl groups is 1. The van der Waals surface area contributed by atoms with Crippen molar-refractivity contribution < 1.29 is 80.2 Å². The fourth-order valence-electron chi connectivity index (χ4n) is 10.2. The largest absolute Gasteiger partial charge is 0.472 e. The van der Waals surface area contributed by atoms with E-state index >= 15 is 0 Å². The van der Waals surface area contributed by atoms with Gasteiger partial charge in [0.2, 0.25) is 0 Å². The molecule has 0 aromatic rings. The standard InChI is InChI=1S/C68H132O17P2/c1-8-10-11-32-42-49-65(70)78-55-63(84-68(73)52-45-38-31-25-24-28-35-41-48-61(7)9-2)57-82-86(74,75)80-53-62(69)54-81-87(76,77)83-58-64(56-79-66(71)50-43-36-29-23-19-21-27-34-40-47-60(5)6)85-67(72)51-44-37-30-22-18-16-14-12-13-15-17-20-26-33-39-46-59(3)4/h59-64,69H,8-58H2,1-7H3,(H,74,75)(H,76,77)/t61?,62-,63+,64+/m0/s1. The van der Waals surface area contributed by atoms with E-state index in [4.69, 9.17) is 37.0 Å². The molecule has 0 radical (unpaired) electrons. The average molecular weight is 1280 g/mol. The van der Waals surface area contributed by atoms with E-state index < -0.39 is 97.5 Å². The second kappa shape index (κ2) is 59.1. The first-order valence-corrected chi connectivity index (χ1v) is 38.4. The van der Waals surface area contributed by atoms with Gasteiger partial charge in [-0.3, -0.25) is 37.3 Å². The number of carbonyl (C=O) groups excluding carboxylic acids is 4. The highest BCUT2D eigenvalue weighted by Gasteiger charge is 2.30. The van der Waals surface area contributed by atoms with E-state index in [1.807, 2.05) is 0 Å². The number of hydrogen-bond donors (Lipinski definition) is 3. The summed E-state index contributed by atoms with van der Waals surface area (Å²) in [5.41, 5.74) is 0. The minimum atomic E-state index is -4.95. The van der Waals surface area contributed by atoms with Crippen molar-refractivity contribution in [3.05, 3.63) is 0 Å². The Morgan fingerprint density at radius 1 is 0.333 bits per heavy atom. The van der Waals surface area contributed by atoms with Crippen LogP contribution in [0.2, 0.25) is 0 Å². The van der Waals surface area contributed by atoms with Gasteiger partial charge in [0, 0.05) is 25.7 Å². The number of ether oxygens (including phenoxy) is 4. The average Bonchev–Trinajstić information content (AvgIpc) is 3.69.